The van der Waals surface area contributed by atoms with Gasteiger partial charge in [-0.1, -0.05) is 24.6 Å². The van der Waals surface area contributed by atoms with Gasteiger partial charge in [-0.25, -0.2) is 4.39 Å². The smallest absolute Gasteiger partial charge is 0.147 e. The van der Waals surface area contributed by atoms with E-state index in [0.717, 1.165) is 19.6 Å². The Hall–Kier alpha value is -0.200. The molecule has 2 unspecified atom stereocenters. The zero-order valence-corrected chi connectivity index (χ0v) is 14.0. The molecule has 1 heterocycles. The molecule has 2 rings (SSSR count). The van der Waals surface area contributed by atoms with Crippen molar-refractivity contribution in [1.82, 2.24) is 10.2 Å². The van der Waals surface area contributed by atoms with Crippen LogP contribution in [-0.2, 0) is 4.74 Å². The van der Waals surface area contributed by atoms with Crippen LogP contribution >= 0.6 is 27.5 Å². The third-order valence-electron chi connectivity index (χ3n) is 3.49. The van der Waals surface area contributed by atoms with Crippen LogP contribution in [0.25, 0.3) is 0 Å². The van der Waals surface area contributed by atoms with Crippen LogP contribution in [0.1, 0.15) is 18.5 Å². The standard InChI is InChI=1S/C14H19BrClFN2O/c1-3-18-14(11-8-19(2)6-7-20-11)9-4-5-10(15)12(16)13(9)17/h4-5,11,14,18H,3,6-8H2,1-2H3. The molecule has 1 aliphatic rings. The molecule has 2 atom stereocenters. The maximum atomic E-state index is 14.4. The molecule has 3 nitrogen and oxygen atoms in total. The summed E-state index contributed by atoms with van der Waals surface area (Å²) in [6, 6.07) is 3.34. The van der Waals surface area contributed by atoms with Crippen LogP contribution in [0.5, 0.6) is 0 Å². The number of benzene rings is 1. The Morgan fingerprint density at radius 1 is 1.60 bits per heavy atom. The van der Waals surface area contributed by atoms with Crippen LogP contribution in [0.3, 0.4) is 0 Å². The minimum absolute atomic E-state index is 0.0829. The molecule has 1 saturated heterocycles. The van der Waals surface area contributed by atoms with Crippen LogP contribution < -0.4 is 5.32 Å². The molecule has 1 N–H and O–H groups in total. The summed E-state index contributed by atoms with van der Waals surface area (Å²) in [6.07, 6.45) is -0.0829. The Balaban J connectivity index is 2.30. The van der Waals surface area contributed by atoms with Crippen molar-refractivity contribution >= 4 is 27.5 Å². The third kappa shape index (κ3) is 3.52. The molecule has 0 spiro atoms. The van der Waals surface area contributed by atoms with Crippen LogP contribution in [0, 0.1) is 5.82 Å². The lowest BCUT2D eigenvalue weighted by Gasteiger charge is -2.36. The van der Waals surface area contributed by atoms with E-state index in [0.29, 0.717) is 16.6 Å². The first-order chi connectivity index (χ1) is 9.54. The molecule has 20 heavy (non-hydrogen) atoms. The molecule has 0 aromatic heterocycles. The average Bonchev–Trinajstić information content (AvgIpc) is 2.43. The van der Waals surface area contributed by atoms with Crippen LogP contribution in [0.4, 0.5) is 4.39 Å². The van der Waals surface area contributed by atoms with Crippen molar-refractivity contribution < 1.29 is 9.13 Å². The maximum Gasteiger partial charge on any atom is 0.147 e. The Morgan fingerprint density at radius 2 is 2.35 bits per heavy atom. The monoisotopic (exact) mass is 364 g/mol. The van der Waals surface area contributed by atoms with E-state index in [1.54, 1.807) is 12.1 Å². The van der Waals surface area contributed by atoms with Gasteiger partial charge in [-0.2, -0.15) is 0 Å². The van der Waals surface area contributed by atoms with Crippen molar-refractivity contribution in [2.75, 3.05) is 33.3 Å². The van der Waals surface area contributed by atoms with E-state index >= 15 is 0 Å². The average molecular weight is 366 g/mol. The molecule has 1 aliphatic heterocycles. The fourth-order valence-electron chi connectivity index (χ4n) is 2.46. The summed E-state index contributed by atoms with van der Waals surface area (Å²) >= 11 is 9.24. The predicted molar refractivity (Wildman–Crippen MR) is 82.8 cm³/mol. The van der Waals surface area contributed by atoms with Crippen LogP contribution in [0.2, 0.25) is 5.02 Å². The van der Waals surface area contributed by atoms with E-state index in [4.69, 9.17) is 16.3 Å². The Labute approximate surface area is 132 Å². The van der Waals surface area contributed by atoms with E-state index in [2.05, 4.69) is 26.1 Å². The number of likely N-dealkylation sites (N-methyl/N-ethyl adjacent to an activating group) is 2. The van der Waals surface area contributed by atoms with E-state index in [1.807, 2.05) is 14.0 Å². The van der Waals surface area contributed by atoms with Gasteiger partial charge in [0, 0.05) is 23.1 Å². The maximum absolute atomic E-state index is 14.4. The zero-order valence-electron chi connectivity index (χ0n) is 11.6. The number of ether oxygens (including phenoxy) is 1. The molecular formula is C14H19BrClFN2O. The number of rotatable bonds is 4. The lowest BCUT2D eigenvalue weighted by Crippen LogP contribution is -2.47. The van der Waals surface area contributed by atoms with Gasteiger partial charge in [0.15, 0.2) is 0 Å². The number of hydrogen-bond donors (Lipinski definition) is 1. The highest BCUT2D eigenvalue weighted by molar-refractivity contribution is 9.10. The van der Waals surface area contributed by atoms with Gasteiger partial charge in [0.2, 0.25) is 0 Å². The van der Waals surface area contributed by atoms with E-state index in [-0.39, 0.29) is 23.0 Å². The van der Waals surface area contributed by atoms with Gasteiger partial charge in [-0.15, -0.1) is 0 Å². The molecule has 1 fully saturated rings. The second kappa shape index (κ2) is 7.18. The summed E-state index contributed by atoms with van der Waals surface area (Å²) in [5.41, 5.74) is 0.556. The van der Waals surface area contributed by atoms with E-state index < -0.39 is 0 Å². The highest BCUT2D eigenvalue weighted by atomic mass is 79.9. The molecule has 0 amide bonds. The lowest BCUT2D eigenvalue weighted by atomic mass is 9.99. The van der Waals surface area contributed by atoms with Crippen molar-refractivity contribution in [2.45, 2.75) is 19.1 Å². The van der Waals surface area contributed by atoms with E-state index in [1.165, 1.54) is 0 Å². The molecule has 0 saturated carbocycles. The molecule has 0 bridgehead atoms. The largest absolute Gasteiger partial charge is 0.374 e. The summed E-state index contributed by atoms with van der Waals surface area (Å²) in [5, 5.41) is 3.43. The van der Waals surface area contributed by atoms with Crippen molar-refractivity contribution in [2.24, 2.45) is 0 Å². The summed E-state index contributed by atoms with van der Waals surface area (Å²) in [7, 11) is 2.05. The summed E-state index contributed by atoms with van der Waals surface area (Å²) in [4.78, 5) is 2.19. The SMILES string of the molecule is CCNC(c1ccc(Br)c(Cl)c1F)C1CN(C)CCO1. The quantitative estimate of drug-likeness (QED) is 0.829. The van der Waals surface area contributed by atoms with Gasteiger partial charge in [0.1, 0.15) is 5.82 Å². The van der Waals surface area contributed by atoms with Crippen molar-refractivity contribution in [3.05, 3.63) is 33.0 Å². The first kappa shape index (κ1) is 16.2. The molecule has 1 aromatic carbocycles. The van der Waals surface area contributed by atoms with Crippen molar-refractivity contribution in [3.8, 4) is 0 Å². The predicted octanol–water partition coefficient (Wildman–Crippen LogP) is 3.22. The molecular weight excluding hydrogens is 347 g/mol. The van der Waals surface area contributed by atoms with Gasteiger partial charge < -0.3 is 15.0 Å². The number of morpholine rings is 1. The second-order valence-corrected chi connectivity index (χ2v) is 6.20. The van der Waals surface area contributed by atoms with Gasteiger partial charge in [-0.05, 0) is 35.6 Å². The fourth-order valence-corrected chi connectivity index (χ4v) is 2.93. The van der Waals surface area contributed by atoms with Gasteiger partial charge in [-0.3, -0.25) is 0 Å². The van der Waals surface area contributed by atoms with Crippen LogP contribution in [-0.4, -0.2) is 44.3 Å². The number of hydrogen-bond acceptors (Lipinski definition) is 3. The highest BCUT2D eigenvalue weighted by Gasteiger charge is 2.30. The minimum Gasteiger partial charge on any atom is -0.374 e. The second-order valence-electron chi connectivity index (χ2n) is 4.97. The summed E-state index contributed by atoms with van der Waals surface area (Å²) in [6.45, 7) is 5.07. The summed E-state index contributed by atoms with van der Waals surface area (Å²) in [5.74, 6) is -0.385. The number of halogens is 3. The van der Waals surface area contributed by atoms with E-state index in [9.17, 15) is 4.39 Å². The molecule has 1 aromatic rings. The topological polar surface area (TPSA) is 24.5 Å². The molecule has 6 heteroatoms. The molecule has 0 radical (unpaired) electrons. The van der Waals surface area contributed by atoms with Gasteiger partial charge >= 0.3 is 0 Å². The Kier molecular flexibility index (Phi) is 5.81. The molecule has 0 aliphatic carbocycles. The zero-order chi connectivity index (χ0) is 14.7. The third-order valence-corrected chi connectivity index (χ3v) is 4.75. The number of nitrogens with zero attached hydrogens (tertiary/aromatic N) is 1. The Bertz CT molecular complexity index is 475. The van der Waals surface area contributed by atoms with Crippen LogP contribution in [0.15, 0.2) is 16.6 Å². The summed E-state index contributed by atoms with van der Waals surface area (Å²) < 4.78 is 20.8. The first-order valence-corrected chi connectivity index (χ1v) is 7.88. The van der Waals surface area contributed by atoms with Crippen molar-refractivity contribution in [3.63, 3.8) is 0 Å². The number of nitrogens with one attached hydrogen (secondary N) is 1. The Morgan fingerprint density at radius 3 is 3.00 bits per heavy atom. The van der Waals surface area contributed by atoms with Gasteiger partial charge in [0.25, 0.3) is 0 Å². The van der Waals surface area contributed by atoms with Crippen molar-refractivity contribution in [1.29, 1.82) is 0 Å². The first-order valence-electron chi connectivity index (χ1n) is 6.71. The van der Waals surface area contributed by atoms with Gasteiger partial charge in [0.05, 0.1) is 23.8 Å². The normalized spacial score (nSPS) is 21.9. The highest BCUT2D eigenvalue weighted by Crippen LogP contribution is 2.32. The minimum atomic E-state index is -0.385. The fraction of sp³-hybridized carbons (Fsp3) is 0.571. The molecule has 112 valence electrons. The lowest BCUT2D eigenvalue weighted by molar-refractivity contribution is -0.0395.